The van der Waals surface area contributed by atoms with Crippen molar-refractivity contribution in [3.63, 3.8) is 0 Å². The van der Waals surface area contributed by atoms with Gasteiger partial charge < -0.3 is 4.98 Å². The third-order valence-corrected chi connectivity index (χ3v) is 5.67. The van der Waals surface area contributed by atoms with Gasteiger partial charge in [-0.05, 0) is 29.7 Å². The third-order valence-electron chi connectivity index (χ3n) is 3.76. The summed E-state index contributed by atoms with van der Waals surface area (Å²) in [4.78, 5) is 27.0. The molecule has 0 atom stereocenters. The van der Waals surface area contributed by atoms with E-state index in [1.165, 1.54) is 18.2 Å². The Kier molecular flexibility index (Phi) is 3.78. The first-order chi connectivity index (χ1) is 12.5. The minimum atomic E-state index is -4.22. The van der Waals surface area contributed by atoms with Crippen LogP contribution in [0.15, 0.2) is 58.2 Å². The van der Waals surface area contributed by atoms with Crippen LogP contribution in [0.5, 0.6) is 0 Å². The van der Waals surface area contributed by atoms with Crippen LogP contribution in [-0.4, -0.2) is 28.1 Å². The van der Waals surface area contributed by atoms with Crippen molar-refractivity contribution in [1.29, 1.82) is 0 Å². The zero-order valence-corrected chi connectivity index (χ0v) is 14.6. The van der Waals surface area contributed by atoms with E-state index < -0.39 is 21.5 Å². The molecule has 2 aromatic heterocycles. The molecule has 130 valence electrons. The van der Waals surface area contributed by atoms with Crippen LogP contribution in [0.4, 0.5) is 0 Å². The number of aromatic nitrogens is 3. The third kappa shape index (κ3) is 2.74. The van der Waals surface area contributed by atoms with E-state index >= 15 is 0 Å². The highest BCUT2D eigenvalue weighted by molar-refractivity contribution is 7.90. The number of pyridine rings is 1. The van der Waals surface area contributed by atoms with Crippen LogP contribution in [0, 0.1) is 0 Å². The van der Waals surface area contributed by atoms with Crippen LogP contribution >= 0.6 is 11.7 Å². The molecule has 8 nitrogen and oxygen atoms in total. The summed E-state index contributed by atoms with van der Waals surface area (Å²) in [6.45, 7) is 0. The molecular formula is C16H10N4O4S2. The van der Waals surface area contributed by atoms with E-state index in [4.69, 9.17) is 0 Å². The van der Waals surface area contributed by atoms with Crippen molar-refractivity contribution in [2.75, 3.05) is 0 Å². The first-order valence-electron chi connectivity index (χ1n) is 7.36. The molecule has 0 saturated heterocycles. The average Bonchev–Trinajstić information content (AvgIpc) is 3.09. The van der Waals surface area contributed by atoms with Crippen molar-refractivity contribution in [3.05, 3.63) is 64.4 Å². The molecule has 0 unspecified atom stereocenters. The second-order valence-corrected chi connectivity index (χ2v) is 7.60. The molecule has 4 rings (SSSR count). The Morgan fingerprint density at radius 2 is 1.88 bits per heavy atom. The summed E-state index contributed by atoms with van der Waals surface area (Å²) in [5.41, 5.74) is 0.162. The number of benzene rings is 2. The number of carbonyl (C=O) groups is 1. The van der Waals surface area contributed by atoms with Crippen molar-refractivity contribution in [3.8, 4) is 0 Å². The summed E-state index contributed by atoms with van der Waals surface area (Å²) in [7, 11) is -4.22. The Morgan fingerprint density at radius 3 is 2.73 bits per heavy atom. The molecule has 0 saturated carbocycles. The maximum Gasteiger partial charge on any atom is 0.270 e. The number of sulfonamides is 1. The summed E-state index contributed by atoms with van der Waals surface area (Å²) in [5, 5.41) is 0.612. The largest absolute Gasteiger partial charge is 0.321 e. The summed E-state index contributed by atoms with van der Waals surface area (Å²) in [6.07, 6.45) is 0. The zero-order chi connectivity index (χ0) is 18.3. The lowest BCUT2D eigenvalue weighted by molar-refractivity contribution is 0.0980. The number of hydrogen-bond donors (Lipinski definition) is 2. The van der Waals surface area contributed by atoms with Gasteiger partial charge in [-0.2, -0.15) is 8.75 Å². The molecule has 0 fully saturated rings. The van der Waals surface area contributed by atoms with Crippen LogP contribution in [0.2, 0.25) is 0 Å². The lowest BCUT2D eigenvalue weighted by Gasteiger charge is -2.07. The van der Waals surface area contributed by atoms with E-state index in [1.807, 2.05) is 4.72 Å². The number of aromatic amines is 1. The van der Waals surface area contributed by atoms with Crippen molar-refractivity contribution in [2.24, 2.45) is 0 Å². The molecule has 0 aliphatic rings. The van der Waals surface area contributed by atoms with Crippen LogP contribution in [0.25, 0.3) is 21.9 Å². The molecule has 4 aromatic rings. The minimum absolute atomic E-state index is 0.172. The van der Waals surface area contributed by atoms with Crippen LogP contribution in [0.1, 0.15) is 10.4 Å². The zero-order valence-electron chi connectivity index (χ0n) is 13.0. The number of rotatable bonds is 3. The Hall–Kier alpha value is -3.11. The van der Waals surface area contributed by atoms with E-state index in [0.717, 1.165) is 11.7 Å². The van der Waals surface area contributed by atoms with E-state index in [9.17, 15) is 18.0 Å². The van der Waals surface area contributed by atoms with Crippen molar-refractivity contribution in [2.45, 2.75) is 4.90 Å². The minimum Gasteiger partial charge on any atom is -0.321 e. The predicted octanol–water partition coefficient (Wildman–Crippen LogP) is 1.65. The number of carbonyl (C=O) groups excluding carboxylic acids is 1. The normalized spacial score (nSPS) is 11.7. The first kappa shape index (κ1) is 16.4. The lowest BCUT2D eigenvalue weighted by Crippen LogP contribution is -2.34. The van der Waals surface area contributed by atoms with Gasteiger partial charge in [-0.1, -0.05) is 24.3 Å². The highest BCUT2D eigenvalue weighted by Gasteiger charge is 2.24. The number of H-pyrrole nitrogens is 1. The molecule has 2 N–H and O–H groups in total. The number of para-hydroxylation sites is 1. The SMILES string of the molecule is O=C(NS(=O)(=O)c1cccc2nsnc12)c1cc2ccccc2[nH]c1=O. The molecule has 2 aromatic carbocycles. The maximum absolute atomic E-state index is 12.6. The molecule has 2 heterocycles. The predicted molar refractivity (Wildman–Crippen MR) is 96.6 cm³/mol. The second-order valence-electron chi connectivity index (χ2n) is 5.42. The van der Waals surface area contributed by atoms with E-state index in [1.54, 1.807) is 30.3 Å². The lowest BCUT2D eigenvalue weighted by atomic mass is 10.1. The van der Waals surface area contributed by atoms with E-state index in [2.05, 4.69) is 13.7 Å². The smallest absolute Gasteiger partial charge is 0.270 e. The Labute approximate surface area is 150 Å². The number of nitrogens with zero attached hydrogens (tertiary/aromatic N) is 2. The molecule has 0 aliphatic carbocycles. The fourth-order valence-corrected chi connectivity index (χ4v) is 4.28. The highest BCUT2D eigenvalue weighted by atomic mass is 32.2. The van der Waals surface area contributed by atoms with Crippen molar-refractivity contribution >= 4 is 49.6 Å². The molecule has 0 radical (unpaired) electrons. The summed E-state index contributed by atoms with van der Waals surface area (Å²) in [5.74, 6) is -1.02. The molecule has 0 spiro atoms. The molecule has 26 heavy (non-hydrogen) atoms. The van der Waals surface area contributed by atoms with Crippen LogP contribution in [-0.2, 0) is 10.0 Å². The van der Waals surface area contributed by atoms with Gasteiger partial charge in [0.15, 0.2) is 0 Å². The van der Waals surface area contributed by atoms with Gasteiger partial charge in [0.05, 0.1) is 11.7 Å². The number of nitrogens with one attached hydrogen (secondary N) is 2. The standard InChI is InChI=1S/C16H10N4O4S2/c21-15-10(8-9-4-1-2-5-11(9)17-15)16(22)20-26(23,24)13-7-3-6-12-14(13)19-25-18-12/h1-8H,(H,17,21)(H,20,22). The topological polar surface area (TPSA) is 122 Å². The Bertz CT molecular complexity index is 1320. The van der Waals surface area contributed by atoms with Gasteiger partial charge in [0.2, 0.25) is 0 Å². The number of hydrogen-bond acceptors (Lipinski definition) is 7. The van der Waals surface area contributed by atoms with Crippen molar-refractivity contribution in [1.82, 2.24) is 18.5 Å². The van der Waals surface area contributed by atoms with Crippen LogP contribution in [0.3, 0.4) is 0 Å². The molecule has 1 amide bonds. The van der Waals surface area contributed by atoms with Gasteiger partial charge in [0.25, 0.3) is 21.5 Å². The van der Waals surface area contributed by atoms with Gasteiger partial charge in [-0.15, -0.1) is 0 Å². The summed E-state index contributed by atoms with van der Waals surface area (Å²) >= 11 is 0.870. The van der Waals surface area contributed by atoms with E-state index in [-0.39, 0.29) is 16.0 Å². The maximum atomic E-state index is 12.6. The summed E-state index contributed by atoms with van der Waals surface area (Å²) in [6, 6.07) is 12.7. The highest BCUT2D eigenvalue weighted by Crippen LogP contribution is 2.21. The Morgan fingerprint density at radius 1 is 1.08 bits per heavy atom. The van der Waals surface area contributed by atoms with Gasteiger partial charge in [0, 0.05) is 5.52 Å². The average molecular weight is 386 g/mol. The number of amides is 1. The second kappa shape index (κ2) is 6.00. The molecule has 10 heteroatoms. The van der Waals surface area contributed by atoms with Gasteiger partial charge in [-0.3, -0.25) is 9.59 Å². The van der Waals surface area contributed by atoms with Crippen LogP contribution < -0.4 is 10.3 Å². The number of fused-ring (bicyclic) bond motifs is 2. The van der Waals surface area contributed by atoms with Gasteiger partial charge >= 0.3 is 0 Å². The molecule has 0 bridgehead atoms. The summed E-state index contributed by atoms with van der Waals surface area (Å²) < 4.78 is 35.0. The van der Waals surface area contributed by atoms with Crippen molar-refractivity contribution < 1.29 is 13.2 Å². The Balaban J connectivity index is 1.75. The molecular weight excluding hydrogens is 376 g/mol. The fourth-order valence-electron chi connectivity index (χ4n) is 2.55. The van der Waals surface area contributed by atoms with Gasteiger partial charge in [0.1, 0.15) is 21.5 Å². The molecule has 0 aliphatic heterocycles. The quantitative estimate of drug-likeness (QED) is 0.552. The fraction of sp³-hybridized carbons (Fsp3) is 0. The first-order valence-corrected chi connectivity index (χ1v) is 9.57. The van der Waals surface area contributed by atoms with E-state index in [0.29, 0.717) is 16.4 Å². The monoisotopic (exact) mass is 386 g/mol. The van der Waals surface area contributed by atoms with Gasteiger partial charge in [-0.25, -0.2) is 13.1 Å².